The molecule has 1 N–H and O–H groups in total. The van der Waals surface area contributed by atoms with Crippen molar-refractivity contribution in [3.8, 4) is 0 Å². The fourth-order valence-electron chi connectivity index (χ4n) is 1.75. The second-order valence-electron chi connectivity index (χ2n) is 4.16. The molecule has 0 saturated carbocycles. The first-order valence-corrected chi connectivity index (χ1v) is 6.49. The number of nitrogens with zero attached hydrogens (tertiary/aromatic N) is 1. The highest BCUT2D eigenvalue weighted by molar-refractivity contribution is 6.34. The lowest BCUT2D eigenvalue weighted by Gasteiger charge is -2.14. The molecule has 18 heavy (non-hydrogen) atoms. The molecule has 0 spiro atoms. The van der Waals surface area contributed by atoms with Crippen LogP contribution in [0.5, 0.6) is 0 Å². The van der Waals surface area contributed by atoms with Gasteiger partial charge in [-0.2, -0.15) is 0 Å². The largest absolute Gasteiger partial charge is 0.306 e. The third kappa shape index (κ3) is 3.70. The summed E-state index contributed by atoms with van der Waals surface area (Å²) in [6.07, 6.45) is 3.59. The minimum Gasteiger partial charge on any atom is -0.306 e. The number of halogens is 2. The Balaban J connectivity index is 1.99. The molecular weight excluding hydrogens is 267 g/mol. The van der Waals surface area contributed by atoms with Gasteiger partial charge < -0.3 is 5.32 Å². The van der Waals surface area contributed by atoms with E-state index >= 15 is 0 Å². The summed E-state index contributed by atoms with van der Waals surface area (Å²) < 4.78 is 0. The predicted octanol–water partition coefficient (Wildman–Crippen LogP) is 4.24. The first-order chi connectivity index (χ1) is 8.65. The van der Waals surface area contributed by atoms with E-state index in [4.69, 9.17) is 23.2 Å². The number of benzene rings is 1. The minimum absolute atomic E-state index is 0.255. The van der Waals surface area contributed by atoms with Gasteiger partial charge in [0.1, 0.15) is 0 Å². The summed E-state index contributed by atoms with van der Waals surface area (Å²) in [5.41, 5.74) is 2.28. The van der Waals surface area contributed by atoms with Crippen LogP contribution >= 0.6 is 23.2 Å². The molecule has 1 heterocycles. The normalized spacial score (nSPS) is 12.4. The number of hydrogen-bond acceptors (Lipinski definition) is 2. The predicted molar refractivity (Wildman–Crippen MR) is 76.0 cm³/mol. The van der Waals surface area contributed by atoms with Gasteiger partial charge in [0, 0.05) is 35.0 Å². The van der Waals surface area contributed by atoms with E-state index in [-0.39, 0.29) is 6.04 Å². The van der Waals surface area contributed by atoms with Gasteiger partial charge in [-0.15, -0.1) is 0 Å². The third-order valence-electron chi connectivity index (χ3n) is 2.74. The third-order valence-corrected chi connectivity index (χ3v) is 3.18. The summed E-state index contributed by atoms with van der Waals surface area (Å²) in [7, 11) is 0. The maximum Gasteiger partial charge on any atom is 0.0424 e. The van der Waals surface area contributed by atoms with Crippen LogP contribution in [0.15, 0.2) is 42.7 Å². The molecule has 1 aromatic heterocycles. The molecule has 94 valence electrons. The molecule has 1 atom stereocenters. The van der Waals surface area contributed by atoms with Gasteiger partial charge in [-0.3, -0.25) is 4.98 Å². The van der Waals surface area contributed by atoms with E-state index in [1.54, 1.807) is 18.5 Å². The van der Waals surface area contributed by atoms with Crippen LogP contribution < -0.4 is 5.32 Å². The zero-order valence-corrected chi connectivity index (χ0v) is 11.5. The molecule has 0 aliphatic carbocycles. The highest BCUT2D eigenvalue weighted by Crippen LogP contribution is 2.19. The first-order valence-electron chi connectivity index (χ1n) is 5.73. The number of aromatic nitrogens is 1. The molecule has 0 aliphatic rings. The number of hydrogen-bond donors (Lipinski definition) is 1. The van der Waals surface area contributed by atoms with Gasteiger partial charge >= 0.3 is 0 Å². The van der Waals surface area contributed by atoms with Crippen molar-refractivity contribution < 1.29 is 0 Å². The Morgan fingerprint density at radius 3 is 2.33 bits per heavy atom. The van der Waals surface area contributed by atoms with Crippen molar-refractivity contribution in [1.29, 1.82) is 0 Å². The number of nitrogens with one attached hydrogen (secondary N) is 1. The quantitative estimate of drug-likeness (QED) is 0.906. The Bertz CT molecular complexity index is 494. The lowest BCUT2D eigenvalue weighted by atomic mass is 10.1. The van der Waals surface area contributed by atoms with Crippen LogP contribution in [0.3, 0.4) is 0 Å². The van der Waals surface area contributed by atoms with Crippen LogP contribution in [0, 0.1) is 0 Å². The van der Waals surface area contributed by atoms with Crippen LogP contribution in [0.1, 0.15) is 24.1 Å². The summed E-state index contributed by atoms with van der Waals surface area (Å²) in [5.74, 6) is 0. The molecule has 4 heteroatoms. The SMILES string of the molecule is C[C@H](NCc1cc(Cl)cc(Cl)c1)c1ccncc1. The molecule has 2 nitrogen and oxygen atoms in total. The molecule has 0 amide bonds. The summed E-state index contributed by atoms with van der Waals surface area (Å²) >= 11 is 11.9. The van der Waals surface area contributed by atoms with Crippen molar-refractivity contribution >= 4 is 23.2 Å². The summed E-state index contributed by atoms with van der Waals surface area (Å²) in [5, 5.41) is 4.75. The van der Waals surface area contributed by atoms with Gasteiger partial charge in [-0.1, -0.05) is 23.2 Å². The van der Waals surface area contributed by atoms with Crippen molar-refractivity contribution in [3.05, 3.63) is 63.9 Å². The summed E-state index contributed by atoms with van der Waals surface area (Å²) in [6, 6.07) is 9.83. The fourth-order valence-corrected chi connectivity index (χ4v) is 2.33. The average Bonchev–Trinajstić information content (AvgIpc) is 2.36. The number of pyridine rings is 1. The first kappa shape index (κ1) is 13.3. The Labute approximate surface area is 117 Å². The smallest absolute Gasteiger partial charge is 0.0424 e. The van der Waals surface area contributed by atoms with Crippen LogP contribution in [0.4, 0.5) is 0 Å². The van der Waals surface area contributed by atoms with Gasteiger partial charge in [0.05, 0.1) is 0 Å². The molecule has 1 aromatic carbocycles. The molecule has 0 radical (unpaired) electrons. The molecule has 0 aliphatic heterocycles. The Hall–Kier alpha value is -1.09. The lowest BCUT2D eigenvalue weighted by molar-refractivity contribution is 0.574. The van der Waals surface area contributed by atoms with E-state index in [0.29, 0.717) is 10.0 Å². The maximum atomic E-state index is 5.96. The van der Waals surface area contributed by atoms with Gasteiger partial charge in [0.25, 0.3) is 0 Å². The van der Waals surface area contributed by atoms with E-state index in [0.717, 1.165) is 12.1 Å². The van der Waals surface area contributed by atoms with Crippen molar-refractivity contribution in [2.24, 2.45) is 0 Å². The monoisotopic (exact) mass is 280 g/mol. The van der Waals surface area contributed by atoms with Crippen molar-refractivity contribution in [2.75, 3.05) is 0 Å². The van der Waals surface area contributed by atoms with Crippen molar-refractivity contribution in [3.63, 3.8) is 0 Å². The van der Waals surface area contributed by atoms with Crippen LogP contribution in [-0.4, -0.2) is 4.98 Å². The van der Waals surface area contributed by atoms with Crippen LogP contribution in [0.25, 0.3) is 0 Å². The Morgan fingerprint density at radius 2 is 1.72 bits per heavy atom. The zero-order valence-electron chi connectivity index (χ0n) is 10.0. The van der Waals surface area contributed by atoms with Crippen molar-refractivity contribution in [2.45, 2.75) is 19.5 Å². The minimum atomic E-state index is 0.255. The van der Waals surface area contributed by atoms with Crippen molar-refractivity contribution in [1.82, 2.24) is 10.3 Å². The van der Waals surface area contributed by atoms with E-state index < -0.39 is 0 Å². The summed E-state index contributed by atoms with van der Waals surface area (Å²) in [4.78, 5) is 4.01. The molecular formula is C14H14Cl2N2. The highest BCUT2D eigenvalue weighted by Gasteiger charge is 2.05. The average molecular weight is 281 g/mol. The maximum absolute atomic E-state index is 5.96. The molecule has 0 saturated heterocycles. The summed E-state index contributed by atoms with van der Waals surface area (Å²) in [6.45, 7) is 2.84. The van der Waals surface area contributed by atoms with Gasteiger partial charge in [-0.25, -0.2) is 0 Å². The molecule has 0 fully saturated rings. The Kier molecular flexibility index (Phi) is 4.59. The van der Waals surface area contributed by atoms with E-state index in [1.807, 2.05) is 24.3 Å². The molecule has 0 unspecified atom stereocenters. The zero-order chi connectivity index (χ0) is 13.0. The Morgan fingerprint density at radius 1 is 1.11 bits per heavy atom. The fraction of sp³-hybridized carbons (Fsp3) is 0.214. The second-order valence-corrected chi connectivity index (χ2v) is 5.03. The van der Waals surface area contributed by atoms with Gasteiger partial charge in [-0.05, 0) is 48.4 Å². The topological polar surface area (TPSA) is 24.9 Å². The molecule has 2 rings (SSSR count). The van der Waals surface area contributed by atoms with E-state index in [1.165, 1.54) is 5.56 Å². The van der Waals surface area contributed by atoms with E-state index in [9.17, 15) is 0 Å². The number of rotatable bonds is 4. The standard InChI is InChI=1S/C14H14Cl2N2/c1-10(12-2-4-17-5-3-12)18-9-11-6-13(15)8-14(16)7-11/h2-8,10,18H,9H2,1H3/t10-/m0/s1. The van der Waals surface area contributed by atoms with Gasteiger partial charge in [0.15, 0.2) is 0 Å². The molecule has 2 aromatic rings. The van der Waals surface area contributed by atoms with E-state index in [2.05, 4.69) is 17.2 Å². The van der Waals surface area contributed by atoms with Gasteiger partial charge in [0.2, 0.25) is 0 Å². The van der Waals surface area contributed by atoms with Crippen LogP contribution in [0.2, 0.25) is 10.0 Å². The highest BCUT2D eigenvalue weighted by atomic mass is 35.5. The molecule has 0 bridgehead atoms. The lowest BCUT2D eigenvalue weighted by Crippen LogP contribution is -2.18. The van der Waals surface area contributed by atoms with Crippen LogP contribution in [-0.2, 0) is 6.54 Å². The second kappa shape index (κ2) is 6.19.